The highest BCUT2D eigenvalue weighted by atomic mass is 35.5. The number of anilines is 1. The SMILES string of the molecule is O=C(Nc1cc(Cl)ccc1-n1cncn1)c1sc2cc(F)ccc2c1Cl. The van der Waals surface area contributed by atoms with Crippen LogP contribution < -0.4 is 5.32 Å². The van der Waals surface area contributed by atoms with E-state index in [9.17, 15) is 9.18 Å². The lowest BCUT2D eigenvalue weighted by atomic mass is 10.2. The Hall–Kier alpha value is -2.48. The molecule has 130 valence electrons. The third kappa shape index (κ3) is 3.05. The van der Waals surface area contributed by atoms with Gasteiger partial charge in [0.25, 0.3) is 5.91 Å². The first-order chi connectivity index (χ1) is 12.5. The van der Waals surface area contributed by atoms with Crippen LogP contribution in [0.1, 0.15) is 9.67 Å². The summed E-state index contributed by atoms with van der Waals surface area (Å²) in [5.41, 5.74) is 1.05. The molecule has 4 aromatic rings. The van der Waals surface area contributed by atoms with Crippen LogP contribution in [-0.2, 0) is 0 Å². The van der Waals surface area contributed by atoms with Crippen molar-refractivity contribution in [3.05, 3.63) is 69.8 Å². The zero-order valence-electron chi connectivity index (χ0n) is 12.9. The minimum atomic E-state index is -0.416. The molecular weight excluding hydrogens is 398 g/mol. The highest BCUT2D eigenvalue weighted by molar-refractivity contribution is 7.21. The number of hydrogen-bond donors (Lipinski definition) is 1. The van der Waals surface area contributed by atoms with Gasteiger partial charge < -0.3 is 5.32 Å². The molecule has 0 spiro atoms. The van der Waals surface area contributed by atoms with Crippen LogP contribution in [0.4, 0.5) is 10.1 Å². The van der Waals surface area contributed by atoms with E-state index in [0.29, 0.717) is 26.5 Å². The van der Waals surface area contributed by atoms with Crippen molar-refractivity contribution >= 4 is 56.2 Å². The molecule has 0 aliphatic carbocycles. The Labute approximate surface area is 161 Å². The molecular formula is C17H9Cl2FN4OS. The van der Waals surface area contributed by atoms with Gasteiger partial charge >= 0.3 is 0 Å². The van der Waals surface area contributed by atoms with Crippen LogP contribution in [0.5, 0.6) is 0 Å². The van der Waals surface area contributed by atoms with E-state index in [1.54, 1.807) is 24.3 Å². The second-order valence-corrected chi connectivity index (χ2v) is 7.21. The van der Waals surface area contributed by atoms with Crippen LogP contribution in [-0.4, -0.2) is 20.7 Å². The average Bonchev–Trinajstić information content (AvgIpc) is 3.23. The van der Waals surface area contributed by atoms with E-state index >= 15 is 0 Å². The molecule has 1 amide bonds. The van der Waals surface area contributed by atoms with E-state index in [4.69, 9.17) is 23.2 Å². The van der Waals surface area contributed by atoms with Gasteiger partial charge in [0.1, 0.15) is 23.3 Å². The van der Waals surface area contributed by atoms with Crippen molar-refractivity contribution in [3.8, 4) is 5.69 Å². The predicted molar refractivity (Wildman–Crippen MR) is 101 cm³/mol. The van der Waals surface area contributed by atoms with E-state index in [1.165, 1.54) is 29.5 Å². The first-order valence-corrected chi connectivity index (χ1v) is 8.93. The van der Waals surface area contributed by atoms with Crippen molar-refractivity contribution in [3.63, 3.8) is 0 Å². The monoisotopic (exact) mass is 406 g/mol. The molecule has 0 unspecified atom stereocenters. The highest BCUT2D eigenvalue weighted by Gasteiger charge is 2.19. The quantitative estimate of drug-likeness (QED) is 0.509. The summed E-state index contributed by atoms with van der Waals surface area (Å²) in [6.45, 7) is 0. The first kappa shape index (κ1) is 17.0. The second kappa shape index (κ2) is 6.68. The minimum absolute atomic E-state index is 0.284. The Morgan fingerprint density at radius 1 is 1.19 bits per heavy atom. The lowest BCUT2D eigenvalue weighted by Gasteiger charge is -2.11. The number of thiophene rings is 1. The van der Waals surface area contributed by atoms with Gasteiger partial charge in [-0.2, -0.15) is 5.10 Å². The Morgan fingerprint density at radius 2 is 2.04 bits per heavy atom. The minimum Gasteiger partial charge on any atom is -0.319 e. The number of carbonyl (C=O) groups is 1. The number of amides is 1. The van der Waals surface area contributed by atoms with Crippen LogP contribution in [0.2, 0.25) is 10.0 Å². The van der Waals surface area contributed by atoms with Crippen molar-refractivity contribution in [2.24, 2.45) is 0 Å². The molecule has 2 aromatic carbocycles. The topological polar surface area (TPSA) is 59.8 Å². The number of fused-ring (bicyclic) bond motifs is 1. The molecule has 2 heterocycles. The summed E-state index contributed by atoms with van der Waals surface area (Å²) in [6.07, 6.45) is 2.89. The number of rotatable bonds is 3. The number of benzene rings is 2. The third-order valence-electron chi connectivity index (χ3n) is 3.67. The van der Waals surface area contributed by atoms with Gasteiger partial charge in [-0.3, -0.25) is 4.79 Å². The molecule has 2 aromatic heterocycles. The van der Waals surface area contributed by atoms with E-state index < -0.39 is 5.91 Å². The molecule has 5 nitrogen and oxygen atoms in total. The van der Waals surface area contributed by atoms with Gasteiger partial charge in [-0.1, -0.05) is 23.2 Å². The van der Waals surface area contributed by atoms with Gasteiger partial charge in [0.15, 0.2) is 0 Å². The maximum Gasteiger partial charge on any atom is 0.267 e. The second-order valence-electron chi connectivity index (χ2n) is 5.34. The summed E-state index contributed by atoms with van der Waals surface area (Å²) in [5, 5.41) is 8.22. The number of halogens is 3. The van der Waals surface area contributed by atoms with Crippen molar-refractivity contribution in [1.29, 1.82) is 0 Å². The maximum absolute atomic E-state index is 13.4. The lowest BCUT2D eigenvalue weighted by Crippen LogP contribution is -2.13. The zero-order valence-corrected chi connectivity index (χ0v) is 15.2. The van der Waals surface area contributed by atoms with E-state index in [0.717, 1.165) is 11.3 Å². The third-order valence-corrected chi connectivity index (χ3v) is 5.56. The van der Waals surface area contributed by atoms with Gasteiger partial charge in [0.2, 0.25) is 0 Å². The average molecular weight is 407 g/mol. The number of nitrogens with one attached hydrogen (secondary N) is 1. The zero-order chi connectivity index (χ0) is 18.3. The fraction of sp³-hybridized carbons (Fsp3) is 0. The smallest absolute Gasteiger partial charge is 0.267 e. The molecule has 26 heavy (non-hydrogen) atoms. The standard InChI is InChI=1S/C17H9Cl2FN4OS/c18-9-1-4-13(24-8-21-7-22-24)12(5-9)23-17(25)16-15(19)11-3-2-10(20)6-14(11)26-16/h1-8H,(H,23,25). The fourth-order valence-electron chi connectivity index (χ4n) is 2.50. The molecule has 0 fully saturated rings. The highest BCUT2D eigenvalue weighted by Crippen LogP contribution is 2.36. The fourth-order valence-corrected chi connectivity index (χ4v) is 4.11. The Bertz CT molecular complexity index is 1130. The Balaban J connectivity index is 1.73. The number of aromatic nitrogens is 3. The van der Waals surface area contributed by atoms with Crippen molar-refractivity contribution < 1.29 is 9.18 Å². The van der Waals surface area contributed by atoms with Crippen molar-refractivity contribution in [1.82, 2.24) is 14.8 Å². The molecule has 0 radical (unpaired) electrons. The van der Waals surface area contributed by atoms with Crippen LogP contribution >= 0.6 is 34.5 Å². The largest absolute Gasteiger partial charge is 0.319 e. The molecule has 0 saturated carbocycles. The maximum atomic E-state index is 13.4. The molecule has 0 saturated heterocycles. The van der Waals surface area contributed by atoms with Crippen LogP contribution in [0.15, 0.2) is 49.1 Å². The Kier molecular flexibility index (Phi) is 4.36. The summed E-state index contributed by atoms with van der Waals surface area (Å²) >= 11 is 13.5. The van der Waals surface area contributed by atoms with E-state index in [2.05, 4.69) is 15.4 Å². The molecule has 4 rings (SSSR count). The predicted octanol–water partition coefficient (Wildman–Crippen LogP) is 5.18. The van der Waals surface area contributed by atoms with Gasteiger partial charge in [0, 0.05) is 15.1 Å². The summed E-state index contributed by atoms with van der Waals surface area (Å²) in [4.78, 5) is 16.9. The number of carbonyl (C=O) groups excluding carboxylic acids is 1. The summed E-state index contributed by atoms with van der Waals surface area (Å²) in [6, 6.07) is 9.22. The van der Waals surface area contributed by atoms with Crippen molar-refractivity contribution in [2.45, 2.75) is 0 Å². The first-order valence-electron chi connectivity index (χ1n) is 7.36. The molecule has 0 aliphatic heterocycles. The lowest BCUT2D eigenvalue weighted by molar-refractivity contribution is 0.103. The summed E-state index contributed by atoms with van der Waals surface area (Å²) in [5.74, 6) is -0.800. The van der Waals surface area contributed by atoms with E-state index in [-0.39, 0.29) is 15.7 Å². The van der Waals surface area contributed by atoms with Crippen LogP contribution in [0.3, 0.4) is 0 Å². The normalized spacial score (nSPS) is 11.0. The van der Waals surface area contributed by atoms with Gasteiger partial charge in [-0.15, -0.1) is 11.3 Å². The molecule has 0 atom stereocenters. The van der Waals surface area contributed by atoms with Crippen LogP contribution in [0, 0.1) is 5.82 Å². The van der Waals surface area contributed by atoms with Gasteiger partial charge in [-0.05, 0) is 36.4 Å². The Morgan fingerprint density at radius 3 is 2.81 bits per heavy atom. The van der Waals surface area contributed by atoms with Crippen molar-refractivity contribution in [2.75, 3.05) is 5.32 Å². The number of hydrogen-bond acceptors (Lipinski definition) is 4. The molecule has 0 aliphatic rings. The summed E-state index contributed by atoms with van der Waals surface area (Å²) in [7, 11) is 0. The number of nitrogens with zero attached hydrogens (tertiary/aromatic N) is 3. The molecule has 0 bridgehead atoms. The molecule has 9 heteroatoms. The molecule has 1 N–H and O–H groups in total. The summed E-state index contributed by atoms with van der Waals surface area (Å²) < 4.78 is 15.5. The van der Waals surface area contributed by atoms with Gasteiger partial charge in [-0.25, -0.2) is 14.1 Å². The van der Waals surface area contributed by atoms with Gasteiger partial charge in [0.05, 0.1) is 16.4 Å². The van der Waals surface area contributed by atoms with Crippen LogP contribution in [0.25, 0.3) is 15.8 Å². The van der Waals surface area contributed by atoms with E-state index in [1.807, 2.05) is 0 Å².